The zero-order valence-corrected chi connectivity index (χ0v) is 11.1. The lowest BCUT2D eigenvalue weighted by Crippen LogP contribution is -2.20. The second kappa shape index (κ2) is 3.57. The number of fused-ring (bicyclic) bond motifs is 2. The van der Waals surface area contributed by atoms with Gasteiger partial charge < -0.3 is 15.3 Å². The highest BCUT2D eigenvalue weighted by Crippen LogP contribution is 2.26. The van der Waals surface area contributed by atoms with E-state index in [-0.39, 0.29) is 11.4 Å². The summed E-state index contributed by atoms with van der Waals surface area (Å²) in [7, 11) is 0. The molecule has 3 N–H and O–H groups in total. The van der Waals surface area contributed by atoms with Crippen LogP contribution < -0.4 is 11.4 Å². The number of H-pyrrole nitrogens is 1. The van der Waals surface area contributed by atoms with Crippen molar-refractivity contribution in [2.75, 3.05) is 5.73 Å². The van der Waals surface area contributed by atoms with Gasteiger partial charge in [0, 0.05) is 10.9 Å². The van der Waals surface area contributed by atoms with Gasteiger partial charge in [-0.15, -0.1) is 0 Å². The molecule has 98 valence electrons. The Balaban J connectivity index is 2.45. The van der Waals surface area contributed by atoms with Crippen molar-refractivity contribution in [1.82, 2.24) is 19.5 Å². The fourth-order valence-corrected chi connectivity index (χ4v) is 2.22. The molecule has 0 fully saturated rings. The van der Waals surface area contributed by atoms with Crippen LogP contribution in [-0.4, -0.2) is 19.5 Å². The van der Waals surface area contributed by atoms with Crippen LogP contribution in [0.3, 0.4) is 0 Å². The van der Waals surface area contributed by atoms with Gasteiger partial charge >= 0.3 is 5.69 Å². The summed E-state index contributed by atoms with van der Waals surface area (Å²) in [5.74, 6) is 0.228. The third-order valence-electron chi connectivity index (χ3n) is 3.15. The van der Waals surface area contributed by atoms with Crippen LogP contribution in [0.1, 0.15) is 20.8 Å². The van der Waals surface area contributed by atoms with E-state index < -0.39 is 5.69 Å². The topological polar surface area (TPSA) is 89.6 Å². The van der Waals surface area contributed by atoms with Crippen molar-refractivity contribution in [2.24, 2.45) is 0 Å². The molecule has 6 heteroatoms. The van der Waals surface area contributed by atoms with Crippen LogP contribution in [0.5, 0.6) is 0 Å². The van der Waals surface area contributed by atoms with Gasteiger partial charge in [0.25, 0.3) is 0 Å². The van der Waals surface area contributed by atoms with E-state index in [9.17, 15) is 4.79 Å². The Morgan fingerprint density at radius 3 is 2.74 bits per heavy atom. The molecule has 0 saturated carbocycles. The minimum absolute atomic E-state index is 0.0820. The van der Waals surface area contributed by atoms with E-state index in [0.717, 1.165) is 11.0 Å². The van der Waals surface area contributed by atoms with E-state index in [1.54, 1.807) is 6.33 Å². The number of benzene rings is 1. The standard InChI is InChI=1S/C13H15N5O/c1-13(2,3)18-6-15-9-4-7-8(5-10(9)18)16-12(19)17-11(7)14/h4-6H,1-3H3,(H3,14,16,17,19). The molecule has 19 heavy (non-hydrogen) atoms. The maximum Gasteiger partial charge on any atom is 0.347 e. The molecule has 0 bridgehead atoms. The lowest BCUT2D eigenvalue weighted by atomic mass is 10.1. The Morgan fingerprint density at radius 1 is 1.32 bits per heavy atom. The maximum atomic E-state index is 11.4. The van der Waals surface area contributed by atoms with E-state index in [0.29, 0.717) is 10.9 Å². The molecule has 3 rings (SSSR count). The van der Waals surface area contributed by atoms with Crippen LogP contribution in [0.15, 0.2) is 23.3 Å². The normalized spacial score (nSPS) is 12.4. The second-order valence-corrected chi connectivity index (χ2v) is 5.60. The molecular weight excluding hydrogens is 242 g/mol. The van der Waals surface area contributed by atoms with E-state index >= 15 is 0 Å². The largest absolute Gasteiger partial charge is 0.383 e. The second-order valence-electron chi connectivity index (χ2n) is 5.60. The average molecular weight is 257 g/mol. The van der Waals surface area contributed by atoms with Gasteiger partial charge in [0.15, 0.2) is 0 Å². The number of imidazole rings is 1. The number of hydrogen-bond acceptors (Lipinski definition) is 4. The summed E-state index contributed by atoms with van der Waals surface area (Å²) in [6.45, 7) is 6.30. The Kier molecular flexibility index (Phi) is 2.20. The fourth-order valence-electron chi connectivity index (χ4n) is 2.22. The molecule has 0 aliphatic rings. The molecule has 0 atom stereocenters. The summed E-state index contributed by atoms with van der Waals surface area (Å²) in [6.07, 6.45) is 1.80. The Bertz CT molecular complexity index is 838. The van der Waals surface area contributed by atoms with Crippen LogP contribution >= 0.6 is 0 Å². The van der Waals surface area contributed by atoms with Gasteiger partial charge in [-0.1, -0.05) is 0 Å². The van der Waals surface area contributed by atoms with E-state index in [4.69, 9.17) is 5.73 Å². The zero-order chi connectivity index (χ0) is 13.8. The predicted molar refractivity (Wildman–Crippen MR) is 75.1 cm³/mol. The number of nitrogens with zero attached hydrogens (tertiary/aromatic N) is 3. The third-order valence-corrected chi connectivity index (χ3v) is 3.15. The number of hydrogen-bond donors (Lipinski definition) is 2. The molecule has 0 aliphatic carbocycles. The Hall–Kier alpha value is -2.37. The minimum Gasteiger partial charge on any atom is -0.383 e. The summed E-state index contributed by atoms with van der Waals surface area (Å²) in [5.41, 5.74) is 7.73. The van der Waals surface area contributed by atoms with Crippen LogP contribution in [0.4, 0.5) is 5.82 Å². The van der Waals surface area contributed by atoms with Crippen molar-refractivity contribution >= 4 is 27.8 Å². The first-order valence-electron chi connectivity index (χ1n) is 6.03. The first-order valence-corrected chi connectivity index (χ1v) is 6.03. The Morgan fingerprint density at radius 2 is 2.05 bits per heavy atom. The van der Waals surface area contributed by atoms with Crippen molar-refractivity contribution in [1.29, 1.82) is 0 Å². The number of aromatic nitrogens is 4. The van der Waals surface area contributed by atoms with E-state index in [1.165, 1.54) is 0 Å². The number of nitrogens with one attached hydrogen (secondary N) is 1. The summed E-state index contributed by atoms with van der Waals surface area (Å²) < 4.78 is 2.07. The molecule has 0 unspecified atom stereocenters. The monoisotopic (exact) mass is 257 g/mol. The van der Waals surface area contributed by atoms with Crippen LogP contribution in [-0.2, 0) is 5.54 Å². The molecule has 0 saturated heterocycles. The van der Waals surface area contributed by atoms with Gasteiger partial charge in [0.2, 0.25) is 0 Å². The first-order chi connectivity index (χ1) is 8.86. The van der Waals surface area contributed by atoms with E-state index in [1.807, 2.05) is 12.1 Å². The quantitative estimate of drug-likeness (QED) is 0.640. The van der Waals surface area contributed by atoms with Crippen LogP contribution in [0, 0.1) is 0 Å². The highest BCUT2D eigenvalue weighted by atomic mass is 16.1. The molecular formula is C13H15N5O. The maximum absolute atomic E-state index is 11.4. The smallest absolute Gasteiger partial charge is 0.347 e. The molecule has 0 spiro atoms. The molecule has 0 aliphatic heterocycles. The van der Waals surface area contributed by atoms with Crippen molar-refractivity contribution in [3.63, 3.8) is 0 Å². The van der Waals surface area contributed by atoms with Gasteiger partial charge in [-0.25, -0.2) is 9.78 Å². The molecule has 1 aromatic carbocycles. The Labute approximate surface area is 109 Å². The summed E-state index contributed by atoms with van der Waals surface area (Å²) in [6, 6.07) is 3.74. The van der Waals surface area contributed by atoms with Gasteiger partial charge in [-0.2, -0.15) is 4.98 Å². The van der Waals surface area contributed by atoms with Crippen LogP contribution in [0.25, 0.3) is 21.9 Å². The number of nitrogens with two attached hydrogens (primary N) is 1. The number of anilines is 1. The van der Waals surface area contributed by atoms with Crippen molar-refractivity contribution < 1.29 is 0 Å². The van der Waals surface area contributed by atoms with Crippen molar-refractivity contribution in [2.45, 2.75) is 26.3 Å². The SMILES string of the molecule is CC(C)(C)n1cnc2cc3c(N)nc(=O)[nH]c3cc21. The molecule has 6 nitrogen and oxygen atoms in total. The van der Waals surface area contributed by atoms with Gasteiger partial charge in [-0.3, -0.25) is 0 Å². The van der Waals surface area contributed by atoms with Crippen molar-refractivity contribution in [3.05, 3.63) is 28.9 Å². The van der Waals surface area contributed by atoms with E-state index in [2.05, 4.69) is 40.3 Å². The summed E-state index contributed by atoms with van der Waals surface area (Å²) in [5, 5.41) is 0.714. The van der Waals surface area contributed by atoms with Crippen molar-refractivity contribution in [3.8, 4) is 0 Å². The minimum atomic E-state index is -0.439. The number of aromatic amines is 1. The fraction of sp³-hybridized carbons (Fsp3) is 0.308. The molecule has 3 aromatic rings. The zero-order valence-electron chi connectivity index (χ0n) is 11.1. The lowest BCUT2D eigenvalue weighted by molar-refractivity contribution is 0.408. The number of rotatable bonds is 0. The van der Waals surface area contributed by atoms with Gasteiger partial charge in [-0.05, 0) is 32.9 Å². The average Bonchev–Trinajstić information content (AvgIpc) is 2.68. The first kappa shape index (κ1) is 11.7. The van der Waals surface area contributed by atoms with Gasteiger partial charge in [0.1, 0.15) is 5.82 Å². The highest BCUT2D eigenvalue weighted by Gasteiger charge is 2.17. The van der Waals surface area contributed by atoms with Crippen LogP contribution in [0.2, 0.25) is 0 Å². The predicted octanol–water partition coefficient (Wildman–Crippen LogP) is 1.61. The summed E-state index contributed by atoms with van der Waals surface area (Å²) >= 11 is 0. The molecule has 0 amide bonds. The molecule has 2 heterocycles. The molecule has 2 aromatic heterocycles. The summed E-state index contributed by atoms with van der Waals surface area (Å²) in [4.78, 5) is 22.2. The highest BCUT2D eigenvalue weighted by molar-refractivity contribution is 5.97. The number of nitrogen functional groups attached to an aromatic ring is 1. The molecule has 0 radical (unpaired) electrons. The third kappa shape index (κ3) is 1.76. The van der Waals surface area contributed by atoms with Gasteiger partial charge in [0.05, 0.1) is 22.9 Å². The lowest BCUT2D eigenvalue weighted by Gasteiger charge is -2.21.